The van der Waals surface area contributed by atoms with Crippen LogP contribution in [-0.2, 0) is 12.8 Å². The van der Waals surface area contributed by atoms with E-state index >= 15 is 0 Å². The molecule has 1 N–H and O–H groups in total. The molecule has 0 radical (unpaired) electrons. The fourth-order valence-electron chi connectivity index (χ4n) is 2.58. The lowest BCUT2D eigenvalue weighted by atomic mass is 10.0. The van der Waals surface area contributed by atoms with Crippen molar-refractivity contribution in [3.8, 4) is 0 Å². The van der Waals surface area contributed by atoms with Gasteiger partial charge in [0.05, 0.1) is 10.0 Å². The van der Waals surface area contributed by atoms with E-state index in [1.807, 2.05) is 12.1 Å². The molecule has 0 spiro atoms. The van der Waals surface area contributed by atoms with Crippen molar-refractivity contribution < 1.29 is 4.52 Å². The standard InChI is InChI=1S/C15H17Cl2N3O/c16-12-3-1-11(7-13(12)17)8-14-19-15(21-20-14)4-2-10-5-6-18-9-10/h1,3,7,10,18H,2,4-6,8-9H2. The molecular formula is C15H17Cl2N3O. The van der Waals surface area contributed by atoms with Gasteiger partial charge in [-0.25, -0.2) is 0 Å². The van der Waals surface area contributed by atoms with E-state index in [0.717, 1.165) is 43.3 Å². The first kappa shape index (κ1) is 14.8. The molecule has 1 aliphatic heterocycles. The van der Waals surface area contributed by atoms with E-state index in [0.29, 0.717) is 22.3 Å². The van der Waals surface area contributed by atoms with Crippen molar-refractivity contribution in [1.82, 2.24) is 15.5 Å². The van der Waals surface area contributed by atoms with Gasteiger partial charge >= 0.3 is 0 Å². The fourth-order valence-corrected chi connectivity index (χ4v) is 2.90. The van der Waals surface area contributed by atoms with E-state index in [-0.39, 0.29) is 0 Å². The number of nitrogens with one attached hydrogen (secondary N) is 1. The monoisotopic (exact) mass is 325 g/mol. The van der Waals surface area contributed by atoms with Gasteiger partial charge in [0.15, 0.2) is 5.82 Å². The highest BCUT2D eigenvalue weighted by atomic mass is 35.5. The number of nitrogens with zero attached hydrogens (tertiary/aromatic N) is 2. The fraction of sp³-hybridized carbons (Fsp3) is 0.467. The Balaban J connectivity index is 1.57. The third kappa shape index (κ3) is 3.96. The summed E-state index contributed by atoms with van der Waals surface area (Å²) in [7, 11) is 0. The van der Waals surface area contributed by atoms with E-state index in [1.165, 1.54) is 6.42 Å². The summed E-state index contributed by atoms with van der Waals surface area (Å²) in [6.45, 7) is 2.22. The van der Waals surface area contributed by atoms with E-state index in [4.69, 9.17) is 27.7 Å². The molecule has 4 nitrogen and oxygen atoms in total. The molecule has 3 rings (SSSR count). The number of aromatic nitrogens is 2. The zero-order chi connectivity index (χ0) is 14.7. The van der Waals surface area contributed by atoms with Crippen LogP contribution >= 0.6 is 23.2 Å². The van der Waals surface area contributed by atoms with Crippen LogP contribution in [0.4, 0.5) is 0 Å². The highest BCUT2D eigenvalue weighted by molar-refractivity contribution is 6.42. The molecule has 1 fully saturated rings. The Bertz CT molecular complexity index is 609. The van der Waals surface area contributed by atoms with Gasteiger partial charge < -0.3 is 9.84 Å². The topological polar surface area (TPSA) is 51.0 Å². The molecule has 112 valence electrons. The predicted octanol–water partition coefficient (Wildman–Crippen LogP) is 3.51. The molecule has 0 bridgehead atoms. The number of rotatable bonds is 5. The van der Waals surface area contributed by atoms with Crippen molar-refractivity contribution in [3.63, 3.8) is 0 Å². The summed E-state index contributed by atoms with van der Waals surface area (Å²) >= 11 is 11.9. The second kappa shape index (κ2) is 6.77. The summed E-state index contributed by atoms with van der Waals surface area (Å²) in [6.07, 6.45) is 3.79. The molecule has 1 aromatic heterocycles. The van der Waals surface area contributed by atoms with E-state index in [2.05, 4.69) is 15.5 Å². The summed E-state index contributed by atoms with van der Waals surface area (Å²) in [6, 6.07) is 5.55. The minimum Gasteiger partial charge on any atom is -0.339 e. The first-order chi connectivity index (χ1) is 10.2. The first-order valence-corrected chi connectivity index (χ1v) is 7.92. The Labute approximate surface area is 133 Å². The normalized spacial score (nSPS) is 18.3. The number of benzene rings is 1. The van der Waals surface area contributed by atoms with Crippen LogP contribution in [0.3, 0.4) is 0 Å². The van der Waals surface area contributed by atoms with Gasteiger partial charge in [0.25, 0.3) is 0 Å². The third-order valence-corrected chi connectivity index (χ3v) is 4.52. The number of halogens is 2. The lowest BCUT2D eigenvalue weighted by molar-refractivity contribution is 0.361. The Hall–Kier alpha value is -1.10. The van der Waals surface area contributed by atoms with Crippen LogP contribution in [0.15, 0.2) is 22.7 Å². The van der Waals surface area contributed by atoms with E-state index in [9.17, 15) is 0 Å². The predicted molar refractivity (Wildman–Crippen MR) is 82.9 cm³/mol. The SMILES string of the molecule is Clc1ccc(Cc2noc(CCC3CCNC3)n2)cc1Cl. The summed E-state index contributed by atoms with van der Waals surface area (Å²) in [5.41, 5.74) is 1.02. The van der Waals surface area contributed by atoms with Gasteiger partial charge in [-0.1, -0.05) is 34.4 Å². The van der Waals surface area contributed by atoms with Crippen molar-refractivity contribution in [2.24, 2.45) is 5.92 Å². The minimum atomic E-state index is 0.548. The van der Waals surface area contributed by atoms with Gasteiger partial charge in [-0.3, -0.25) is 0 Å². The number of hydrogen-bond donors (Lipinski definition) is 1. The van der Waals surface area contributed by atoms with Crippen LogP contribution < -0.4 is 5.32 Å². The van der Waals surface area contributed by atoms with Crippen LogP contribution in [0.25, 0.3) is 0 Å². The highest BCUT2D eigenvalue weighted by Gasteiger charge is 2.16. The maximum absolute atomic E-state index is 6.01. The van der Waals surface area contributed by atoms with Crippen LogP contribution in [0, 0.1) is 5.92 Å². The largest absolute Gasteiger partial charge is 0.339 e. The second-order valence-electron chi connectivity index (χ2n) is 5.43. The molecule has 21 heavy (non-hydrogen) atoms. The number of aryl methyl sites for hydroxylation is 1. The van der Waals surface area contributed by atoms with Gasteiger partial charge in [0.2, 0.25) is 5.89 Å². The molecule has 1 aromatic carbocycles. The van der Waals surface area contributed by atoms with Gasteiger partial charge in [-0.15, -0.1) is 0 Å². The molecule has 2 aromatic rings. The second-order valence-corrected chi connectivity index (χ2v) is 6.24. The molecule has 2 heterocycles. The van der Waals surface area contributed by atoms with Gasteiger partial charge in [0.1, 0.15) is 0 Å². The summed E-state index contributed by atoms with van der Waals surface area (Å²) in [5, 5.41) is 8.50. The lowest BCUT2D eigenvalue weighted by Crippen LogP contribution is -2.09. The van der Waals surface area contributed by atoms with Crippen LogP contribution in [0.1, 0.15) is 30.1 Å². The van der Waals surface area contributed by atoms with Crippen molar-refractivity contribution in [3.05, 3.63) is 45.5 Å². The molecule has 0 saturated carbocycles. The summed E-state index contributed by atoms with van der Waals surface area (Å²) in [4.78, 5) is 4.44. The molecular weight excluding hydrogens is 309 g/mol. The molecule has 0 aliphatic carbocycles. The van der Waals surface area contributed by atoms with Gasteiger partial charge in [0, 0.05) is 12.8 Å². The van der Waals surface area contributed by atoms with Crippen molar-refractivity contribution in [1.29, 1.82) is 0 Å². The molecule has 6 heteroatoms. The van der Waals surface area contributed by atoms with Gasteiger partial charge in [-0.05, 0) is 49.5 Å². The van der Waals surface area contributed by atoms with Crippen molar-refractivity contribution in [2.75, 3.05) is 13.1 Å². The lowest BCUT2D eigenvalue weighted by Gasteiger charge is -2.03. The summed E-state index contributed by atoms with van der Waals surface area (Å²) < 4.78 is 5.31. The average molecular weight is 326 g/mol. The molecule has 1 unspecified atom stereocenters. The van der Waals surface area contributed by atoms with Gasteiger partial charge in [-0.2, -0.15) is 4.98 Å². The van der Waals surface area contributed by atoms with Crippen LogP contribution in [0.2, 0.25) is 10.0 Å². The Morgan fingerprint density at radius 2 is 2.19 bits per heavy atom. The maximum atomic E-state index is 6.01. The van der Waals surface area contributed by atoms with E-state index in [1.54, 1.807) is 6.07 Å². The Morgan fingerprint density at radius 1 is 1.29 bits per heavy atom. The molecule has 0 amide bonds. The zero-order valence-electron chi connectivity index (χ0n) is 11.6. The zero-order valence-corrected chi connectivity index (χ0v) is 13.1. The highest BCUT2D eigenvalue weighted by Crippen LogP contribution is 2.23. The van der Waals surface area contributed by atoms with E-state index < -0.39 is 0 Å². The van der Waals surface area contributed by atoms with Crippen LogP contribution in [0.5, 0.6) is 0 Å². The quantitative estimate of drug-likeness (QED) is 0.913. The third-order valence-electron chi connectivity index (χ3n) is 3.79. The Kier molecular flexibility index (Phi) is 4.78. The molecule has 1 saturated heterocycles. The van der Waals surface area contributed by atoms with Crippen LogP contribution in [-0.4, -0.2) is 23.2 Å². The van der Waals surface area contributed by atoms with Crippen molar-refractivity contribution in [2.45, 2.75) is 25.7 Å². The molecule has 1 aliphatic rings. The maximum Gasteiger partial charge on any atom is 0.226 e. The van der Waals surface area contributed by atoms with Crippen molar-refractivity contribution >= 4 is 23.2 Å². The Morgan fingerprint density at radius 3 is 2.95 bits per heavy atom. The molecule has 1 atom stereocenters. The minimum absolute atomic E-state index is 0.548. The average Bonchev–Trinajstić information content (AvgIpc) is 3.12. The summed E-state index contributed by atoms with van der Waals surface area (Å²) in [5.74, 6) is 2.14. The number of hydrogen-bond acceptors (Lipinski definition) is 4. The first-order valence-electron chi connectivity index (χ1n) is 7.17. The smallest absolute Gasteiger partial charge is 0.226 e.